The quantitative estimate of drug-likeness (QED) is 0.761. The number of H-pyrrole nitrogens is 1. The monoisotopic (exact) mass is 269 g/mol. The van der Waals surface area contributed by atoms with Crippen molar-refractivity contribution in [1.82, 2.24) is 15.2 Å². The lowest BCUT2D eigenvalue weighted by Gasteiger charge is -2.05. The van der Waals surface area contributed by atoms with Crippen molar-refractivity contribution in [3.05, 3.63) is 42.2 Å². The molecule has 0 amide bonds. The van der Waals surface area contributed by atoms with Gasteiger partial charge < -0.3 is 9.84 Å². The smallest absolute Gasteiger partial charge is 0.353 e. The maximum absolute atomic E-state index is 10.8. The van der Waals surface area contributed by atoms with Crippen LogP contribution in [0.2, 0.25) is 0 Å². The minimum atomic E-state index is -1.03. The predicted octanol–water partition coefficient (Wildman–Crippen LogP) is 2.33. The first kappa shape index (κ1) is 12.2. The average Bonchev–Trinajstić information content (AvgIpc) is 2.96. The lowest BCUT2D eigenvalue weighted by atomic mass is 10.1. The molecule has 0 saturated heterocycles. The van der Waals surface area contributed by atoms with Crippen molar-refractivity contribution in [2.45, 2.75) is 0 Å². The largest absolute Gasteiger partial charge is 0.481 e. The second-order valence-electron chi connectivity index (χ2n) is 4.23. The van der Waals surface area contributed by atoms with Crippen molar-refractivity contribution in [2.24, 2.45) is 0 Å². The second kappa shape index (κ2) is 4.65. The lowest BCUT2D eigenvalue weighted by molar-refractivity contribution is 0.0690. The summed E-state index contributed by atoms with van der Waals surface area (Å²) in [5.74, 6) is -0.474. The van der Waals surface area contributed by atoms with Crippen LogP contribution in [0.1, 0.15) is 10.5 Å². The van der Waals surface area contributed by atoms with Gasteiger partial charge in [-0.3, -0.25) is 5.10 Å². The molecule has 0 spiro atoms. The molecule has 0 aliphatic heterocycles. The van der Waals surface area contributed by atoms with Crippen molar-refractivity contribution in [1.29, 1.82) is 0 Å². The van der Waals surface area contributed by atoms with Crippen LogP contribution < -0.4 is 4.74 Å². The van der Waals surface area contributed by atoms with Crippen molar-refractivity contribution < 1.29 is 14.6 Å². The first-order valence-electron chi connectivity index (χ1n) is 5.91. The lowest BCUT2D eigenvalue weighted by Crippen LogP contribution is -1.95. The summed E-state index contributed by atoms with van der Waals surface area (Å²) in [6, 6.07) is 9.02. The highest BCUT2D eigenvalue weighted by molar-refractivity contribution is 5.91. The fraction of sp³-hybridized carbons (Fsp3) is 0.0714. The van der Waals surface area contributed by atoms with Crippen LogP contribution in [0.4, 0.5) is 0 Å². The zero-order valence-electron chi connectivity index (χ0n) is 10.6. The number of aromatic carboxylic acids is 1. The van der Waals surface area contributed by atoms with Gasteiger partial charge in [0.2, 0.25) is 5.88 Å². The van der Waals surface area contributed by atoms with Crippen molar-refractivity contribution in [3.63, 3.8) is 0 Å². The number of carboxylic acid groups (broad SMARTS) is 1. The molecule has 0 bridgehead atoms. The summed E-state index contributed by atoms with van der Waals surface area (Å²) in [4.78, 5) is 15.0. The van der Waals surface area contributed by atoms with Gasteiger partial charge in [-0.1, -0.05) is 6.07 Å². The number of carbonyl (C=O) groups is 1. The first-order chi connectivity index (χ1) is 9.69. The molecule has 3 aromatic rings. The van der Waals surface area contributed by atoms with Gasteiger partial charge in [0.25, 0.3) is 0 Å². The summed E-state index contributed by atoms with van der Waals surface area (Å²) in [5.41, 5.74) is 1.47. The zero-order chi connectivity index (χ0) is 14.1. The van der Waals surface area contributed by atoms with Crippen molar-refractivity contribution >= 4 is 16.7 Å². The van der Waals surface area contributed by atoms with E-state index < -0.39 is 5.97 Å². The SMILES string of the molecule is COc1nccc2cc(-c3cc(C(=O)O)[nH]n3)ccc12. The topological polar surface area (TPSA) is 88.1 Å². The van der Waals surface area contributed by atoms with E-state index in [1.165, 1.54) is 6.07 Å². The van der Waals surface area contributed by atoms with Crippen LogP contribution >= 0.6 is 0 Å². The van der Waals surface area contributed by atoms with Crippen LogP contribution in [0.5, 0.6) is 5.88 Å². The van der Waals surface area contributed by atoms with Crippen LogP contribution in [0, 0.1) is 0 Å². The molecular formula is C14H11N3O3. The van der Waals surface area contributed by atoms with E-state index in [0.29, 0.717) is 11.6 Å². The van der Waals surface area contributed by atoms with E-state index in [2.05, 4.69) is 15.2 Å². The van der Waals surface area contributed by atoms with E-state index in [1.807, 2.05) is 24.3 Å². The molecule has 6 nitrogen and oxygen atoms in total. The molecule has 100 valence electrons. The molecule has 0 unspecified atom stereocenters. The number of pyridine rings is 1. The number of carboxylic acids is 1. The number of rotatable bonds is 3. The molecule has 0 aliphatic rings. The van der Waals surface area contributed by atoms with Gasteiger partial charge >= 0.3 is 5.97 Å². The third-order valence-corrected chi connectivity index (χ3v) is 3.03. The maximum Gasteiger partial charge on any atom is 0.353 e. The number of nitrogens with zero attached hydrogens (tertiary/aromatic N) is 2. The molecule has 2 N–H and O–H groups in total. The molecule has 0 radical (unpaired) electrons. The van der Waals surface area contributed by atoms with Crippen LogP contribution in [-0.2, 0) is 0 Å². The Morgan fingerprint density at radius 3 is 2.85 bits per heavy atom. The zero-order valence-corrected chi connectivity index (χ0v) is 10.6. The van der Waals surface area contributed by atoms with E-state index in [1.54, 1.807) is 13.3 Å². The molecule has 2 heterocycles. The van der Waals surface area contributed by atoms with E-state index in [4.69, 9.17) is 9.84 Å². The number of hydrogen-bond donors (Lipinski definition) is 2. The van der Waals surface area contributed by atoms with Crippen molar-refractivity contribution in [2.75, 3.05) is 7.11 Å². The Hall–Kier alpha value is -2.89. The number of aromatic amines is 1. The van der Waals surface area contributed by atoms with Crippen LogP contribution in [0.25, 0.3) is 22.0 Å². The highest BCUT2D eigenvalue weighted by atomic mass is 16.5. The van der Waals surface area contributed by atoms with Gasteiger partial charge in [0.15, 0.2) is 0 Å². The molecule has 0 atom stereocenters. The number of aromatic nitrogens is 3. The predicted molar refractivity (Wildman–Crippen MR) is 72.8 cm³/mol. The minimum Gasteiger partial charge on any atom is -0.481 e. The standard InChI is InChI=1S/C14H11N3O3/c1-20-13-10-3-2-9(6-8(10)4-5-15-13)11-7-12(14(18)19)17-16-11/h2-7H,1H3,(H,16,17)(H,18,19). The Kier molecular flexibility index (Phi) is 2.83. The second-order valence-corrected chi connectivity index (χ2v) is 4.23. The summed E-state index contributed by atoms with van der Waals surface area (Å²) in [7, 11) is 1.57. The van der Waals surface area contributed by atoms with Gasteiger partial charge in [-0.15, -0.1) is 0 Å². The van der Waals surface area contributed by atoms with Crippen molar-refractivity contribution in [3.8, 4) is 17.1 Å². The molecule has 0 aliphatic carbocycles. The van der Waals surface area contributed by atoms with Gasteiger partial charge in [-0.05, 0) is 29.7 Å². The average molecular weight is 269 g/mol. The van der Waals surface area contributed by atoms with E-state index in [-0.39, 0.29) is 5.69 Å². The van der Waals surface area contributed by atoms with Gasteiger partial charge in [0.1, 0.15) is 5.69 Å². The number of methoxy groups -OCH3 is 1. The summed E-state index contributed by atoms with van der Waals surface area (Å²) in [6.07, 6.45) is 1.66. The third kappa shape index (κ3) is 1.97. The van der Waals surface area contributed by atoms with Crippen LogP contribution in [0.3, 0.4) is 0 Å². The summed E-state index contributed by atoms with van der Waals surface area (Å²) < 4.78 is 5.20. The van der Waals surface area contributed by atoms with E-state index in [9.17, 15) is 4.79 Å². The first-order valence-corrected chi connectivity index (χ1v) is 5.91. The normalized spacial score (nSPS) is 10.7. The Morgan fingerprint density at radius 2 is 2.15 bits per heavy atom. The number of hydrogen-bond acceptors (Lipinski definition) is 4. The Labute approximate surface area is 114 Å². The summed E-state index contributed by atoms with van der Waals surface area (Å²) in [6.45, 7) is 0. The Morgan fingerprint density at radius 1 is 1.30 bits per heavy atom. The summed E-state index contributed by atoms with van der Waals surface area (Å²) >= 11 is 0. The van der Waals surface area contributed by atoms with Gasteiger partial charge in [0, 0.05) is 17.1 Å². The molecule has 6 heteroatoms. The highest BCUT2D eigenvalue weighted by Gasteiger charge is 2.10. The molecule has 0 saturated carbocycles. The van der Waals surface area contributed by atoms with Gasteiger partial charge in [0.05, 0.1) is 12.8 Å². The van der Waals surface area contributed by atoms with Gasteiger partial charge in [-0.25, -0.2) is 9.78 Å². The minimum absolute atomic E-state index is 0.0624. The van der Waals surface area contributed by atoms with Crippen LogP contribution in [0.15, 0.2) is 36.5 Å². The number of ether oxygens (including phenoxy) is 1. The molecule has 3 rings (SSSR count). The highest BCUT2D eigenvalue weighted by Crippen LogP contribution is 2.27. The van der Waals surface area contributed by atoms with E-state index >= 15 is 0 Å². The summed E-state index contributed by atoms with van der Waals surface area (Å²) in [5, 5.41) is 17.2. The third-order valence-electron chi connectivity index (χ3n) is 3.03. The number of fused-ring (bicyclic) bond motifs is 1. The maximum atomic E-state index is 10.8. The Balaban J connectivity index is 2.10. The molecule has 0 fully saturated rings. The van der Waals surface area contributed by atoms with Crippen LogP contribution in [-0.4, -0.2) is 33.4 Å². The fourth-order valence-corrected chi connectivity index (χ4v) is 2.05. The number of nitrogens with one attached hydrogen (secondary N) is 1. The molecule has 1 aromatic carbocycles. The van der Waals surface area contributed by atoms with Gasteiger partial charge in [-0.2, -0.15) is 5.10 Å². The Bertz CT molecular complexity index is 795. The fourth-order valence-electron chi connectivity index (χ4n) is 2.05. The van der Waals surface area contributed by atoms with E-state index in [0.717, 1.165) is 16.3 Å². The molecule has 20 heavy (non-hydrogen) atoms. The number of benzene rings is 1. The molecule has 2 aromatic heterocycles. The molecular weight excluding hydrogens is 258 g/mol.